The molecule has 0 aromatic carbocycles. The van der Waals surface area contributed by atoms with Crippen LogP contribution in [0.15, 0.2) is 0 Å². The van der Waals surface area contributed by atoms with Crippen LogP contribution in [0.3, 0.4) is 0 Å². The van der Waals surface area contributed by atoms with Crippen molar-refractivity contribution >= 4 is 26.6 Å². The highest BCUT2D eigenvalue weighted by molar-refractivity contribution is 8.33. The van der Waals surface area contributed by atoms with Gasteiger partial charge in [0.1, 0.15) is 6.61 Å². The van der Waals surface area contributed by atoms with Crippen molar-refractivity contribution in [3.8, 4) is 0 Å². The van der Waals surface area contributed by atoms with Gasteiger partial charge in [-0.25, -0.2) is 0 Å². The predicted octanol–water partition coefficient (Wildman–Crippen LogP) is 1.43. The van der Waals surface area contributed by atoms with Crippen LogP contribution in [0.25, 0.3) is 0 Å². The molecule has 2 nitrogen and oxygen atoms in total. The van der Waals surface area contributed by atoms with Gasteiger partial charge in [-0.15, -0.1) is 0 Å². The lowest BCUT2D eigenvalue weighted by molar-refractivity contribution is 0.481. The van der Waals surface area contributed by atoms with E-state index in [2.05, 4.69) is 16.3 Å². The van der Waals surface area contributed by atoms with Gasteiger partial charge in [0.2, 0.25) is 8.15 Å². The van der Waals surface area contributed by atoms with E-state index in [1.54, 1.807) is 0 Å². The van der Waals surface area contributed by atoms with Crippen molar-refractivity contribution in [2.45, 2.75) is 0 Å². The quantitative estimate of drug-likeness (QED) is 0.545. The molecule has 0 aliphatic heterocycles. The Bertz CT molecular complexity index is 71.9. The number of hydrogen-bond acceptors (Lipinski definition) is 3. The third-order valence-electron chi connectivity index (χ3n) is 0.249. The van der Waals surface area contributed by atoms with E-state index < -0.39 is 6.61 Å². The van der Waals surface area contributed by atoms with Crippen LogP contribution >= 0.6 is 14.8 Å². The molecule has 1 unspecified atom stereocenters. The summed E-state index contributed by atoms with van der Waals surface area (Å²) in [5, 5.41) is 0. The standard InChI is InChI=1S/CH4O2P2S/c1-3-5(6)4-2/h5H,1H3. The largest absolute Gasteiger partial charge is 0.346 e. The van der Waals surface area contributed by atoms with Gasteiger partial charge in [-0.2, -0.15) is 0 Å². The van der Waals surface area contributed by atoms with Crippen molar-refractivity contribution in [3.63, 3.8) is 0 Å². The average molecular weight is 142 g/mol. The fourth-order valence-electron chi connectivity index (χ4n) is 0.0373. The minimum Gasteiger partial charge on any atom is -0.346 e. The highest BCUT2D eigenvalue weighted by Crippen LogP contribution is 2.35. The monoisotopic (exact) mass is 142 g/mol. The molecular weight excluding hydrogens is 138 g/mol. The summed E-state index contributed by atoms with van der Waals surface area (Å²) in [4.78, 5) is 0. The van der Waals surface area contributed by atoms with Crippen LogP contribution < -0.4 is 0 Å². The van der Waals surface area contributed by atoms with Gasteiger partial charge in [-0.1, -0.05) is 11.8 Å². The lowest BCUT2D eigenvalue weighted by atomic mass is 11.8. The Labute approximate surface area is 43.5 Å². The molecule has 0 heterocycles. The van der Waals surface area contributed by atoms with E-state index in [0.717, 1.165) is 0 Å². The van der Waals surface area contributed by atoms with Crippen molar-refractivity contribution in [2.24, 2.45) is 0 Å². The molecule has 0 aliphatic rings. The molecule has 5 heteroatoms. The lowest BCUT2D eigenvalue weighted by Crippen LogP contribution is -1.50. The summed E-state index contributed by atoms with van der Waals surface area (Å²) in [6.45, 7) is -1.37. The van der Waals surface area contributed by atoms with Gasteiger partial charge in [-0.3, -0.25) is 4.57 Å². The Balaban J connectivity index is 3.23. The molecule has 0 bridgehead atoms. The zero-order chi connectivity index (χ0) is 4.99. The Morgan fingerprint density at radius 2 is 2.50 bits per heavy atom. The van der Waals surface area contributed by atoms with Crippen LogP contribution in [0.5, 0.6) is 0 Å². The van der Waals surface area contributed by atoms with Crippen molar-refractivity contribution in [1.29, 1.82) is 0 Å². The molecule has 6 heavy (non-hydrogen) atoms. The van der Waals surface area contributed by atoms with Gasteiger partial charge >= 0.3 is 0 Å². The highest BCUT2D eigenvalue weighted by atomic mass is 32.6. The lowest BCUT2D eigenvalue weighted by Gasteiger charge is -1.81. The Kier molecular flexibility index (Phi) is 4.34. The maximum absolute atomic E-state index is 9.65. The first-order chi connectivity index (χ1) is 2.81. The van der Waals surface area contributed by atoms with E-state index in [0.29, 0.717) is 0 Å². The van der Waals surface area contributed by atoms with Crippen LogP contribution in [0, 0.1) is 0 Å². The molecular formula is CH4O2P2S. The molecule has 0 amide bonds. The third kappa shape index (κ3) is 2.92. The molecule has 0 aromatic rings. The first-order valence-corrected chi connectivity index (χ1v) is 5.42. The molecule has 1 atom stereocenters. The van der Waals surface area contributed by atoms with Crippen molar-refractivity contribution in [2.75, 3.05) is 7.11 Å². The smallest absolute Gasteiger partial charge is 0.216 e. The van der Waals surface area contributed by atoms with Crippen molar-refractivity contribution in [1.82, 2.24) is 0 Å². The molecule has 0 saturated heterocycles. The van der Waals surface area contributed by atoms with Crippen LogP contribution in [-0.2, 0) is 20.9 Å². The summed E-state index contributed by atoms with van der Waals surface area (Å²) in [5.74, 6) is 0. The number of hydrogen-bond donors (Lipinski definition) is 0. The molecule has 36 valence electrons. The van der Waals surface area contributed by atoms with Gasteiger partial charge < -0.3 is 4.52 Å². The maximum Gasteiger partial charge on any atom is 0.216 e. The first kappa shape index (κ1) is 6.71. The van der Waals surface area contributed by atoms with Gasteiger partial charge in [-0.05, 0) is 0 Å². The fourth-order valence-corrected chi connectivity index (χ4v) is 0.335. The highest BCUT2D eigenvalue weighted by Gasteiger charge is 1.80. The molecule has 0 aromatic heterocycles. The number of rotatable bonds is 2. The topological polar surface area (TPSA) is 26.3 Å². The van der Waals surface area contributed by atoms with E-state index in [4.69, 9.17) is 0 Å². The van der Waals surface area contributed by atoms with Crippen LogP contribution in [-0.4, -0.2) is 7.11 Å². The third-order valence-corrected chi connectivity index (χ3v) is 2.91. The van der Waals surface area contributed by atoms with Gasteiger partial charge in [0.05, 0.1) is 0 Å². The predicted molar refractivity (Wildman–Crippen MR) is 30.3 cm³/mol. The molecule has 0 rings (SSSR count). The summed E-state index contributed by atoms with van der Waals surface area (Å²) in [6, 6.07) is 0. The zero-order valence-corrected chi connectivity index (χ0v) is 5.88. The second-order valence-corrected chi connectivity index (χ2v) is 5.47. The summed E-state index contributed by atoms with van der Waals surface area (Å²) < 4.78 is 14.1. The summed E-state index contributed by atoms with van der Waals surface area (Å²) in [7, 11) is 1.44. The minimum absolute atomic E-state index is 0.0274. The zero-order valence-electron chi connectivity index (χ0n) is 3.17. The van der Waals surface area contributed by atoms with Gasteiger partial charge in [0.25, 0.3) is 0 Å². The van der Waals surface area contributed by atoms with Crippen LogP contribution in [0.1, 0.15) is 0 Å². The average Bonchev–Trinajstić information content (AvgIpc) is 1.65. The van der Waals surface area contributed by atoms with Crippen molar-refractivity contribution in [3.05, 3.63) is 0 Å². The second-order valence-electron chi connectivity index (χ2n) is 0.561. The molecule has 0 aliphatic carbocycles. The van der Waals surface area contributed by atoms with E-state index in [1.807, 2.05) is 0 Å². The summed E-state index contributed by atoms with van der Waals surface area (Å²) >= 11 is 4.49. The molecule has 0 saturated carbocycles. The van der Waals surface area contributed by atoms with Gasteiger partial charge in [0.15, 0.2) is 0 Å². The summed E-state index contributed by atoms with van der Waals surface area (Å²) in [5.41, 5.74) is 0. The molecule has 0 N–H and O–H groups in total. The minimum atomic E-state index is -1.37. The summed E-state index contributed by atoms with van der Waals surface area (Å²) in [6.07, 6.45) is 0. The normalized spacial score (nSPS) is 14.8. The molecule has 0 radical (unpaired) electrons. The van der Waals surface area contributed by atoms with Crippen LogP contribution in [0.2, 0.25) is 0 Å². The van der Waals surface area contributed by atoms with Crippen molar-refractivity contribution < 1.29 is 9.09 Å². The fraction of sp³-hybridized carbons (Fsp3) is 1.00. The SMILES string of the molecule is CO[PH](=S)P=O. The van der Waals surface area contributed by atoms with Crippen LogP contribution in [0.4, 0.5) is 0 Å². The molecule has 0 fully saturated rings. The Morgan fingerprint density at radius 1 is 2.00 bits per heavy atom. The van der Waals surface area contributed by atoms with E-state index >= 15 is 0 Å². The maximum atomic E-state index is 9.65. The van der Waals surface area contributed by atoms with E-state index in [1.165, 1.54) is 7.11 Å². The Morgan fingerprint density at radius 3 is 2.50 bits per heavy atom. The van der Waals surface area contributed by atoms with E-state index in [9.17, 15) is 4.57 Å². The van der Waals surface area contributed by atoms with E-state index in [-0.39, 0.29) is 8.15 Å². The molecule has 0 spiro atoms. The Hall–Kier alpha value is 0.710. The second kappa shape index (κ2) is 3.89. The first-order valence-electron chi connectivity index (χ1n) is 1.22. The van der Waals surface area contributed by atoms with Gasteiger partial charge in [0, 0.05) is 7.11 Å².